The summed E-state index contributed by atoms with van der Waals surface area (Å²) in [5.41, 5.74) is 2.17. The fraction of sp³-hybridized carbons (Fsp3) is 0.250. The number of carbonyl (C=O) groups excluding carboxylic acids is 2. The highest BCUT2D eigenvalue weighted by atomic mass is 19.4. The van der Waals surface area contributed by atoms with E-state index in [1.165, 1.54) is 17.0 Å². The summed E-state index contributed by atoms with van der Waals surface area (Å²) in [4.78, 5) is 39.1. The zero-order valence-electron chi connectivity index (χ0n) is 24.6. The van der Waals surface area contributed by atoms with Gasteiger partial charge in [0.15, 0.2) is 0 Å². The minimum absolute atomic E-state index is 0.135. The third kappa shape index (κ3) is 6.17. The smallest absolute Gasteiger partial charge is 0.379 e. The van der Waals surface area contributed by atoms with Gasteiger partial charge in [0.25, 0.3) is 5.91 Å². The summed E-state index contributed by atoms with van der Waals surface area (Å²) < 4.78 is 45.1. The average Bonchev–Trinajstić information content (AvgIpc) is 3.05. The first kappa shape index (κ1) is 30.0. The molecule has 6 rings (SSSR count). The first-order valence-corrected chi connectivity index (χ1v) is 14.3. The second-order valence-electron chi connectivity index (χ2n) is 10.7. The Kier molecular flexibility index (Phi) is 8.12. The van der Waals surface area contributed by atoms with Gasteiger partial charge in [-0.15, -0.1) is 0 Å². The monoisotopic (exact) mass is 617 g/mol. The van der Waals surface area contributed by atoms with Crippen molar-refractivity contribution in [3.05, 3.63) is 101 Å². The van der Waals surface area contributed by atoms with E-state index in [9.17, 15) is 22.8 Å². The molecule has 1 saturated heterocycles. The van der Waals surface area contributed by atoms with E-state index in [4.69, 9.17) is 14.7 Å². The van der Waals surface area contributed by atoms with E-state index in [0.29, 0.717) is 55.0 Å². The summed E-state index contributed by atoms with van der Waals surface area (Å²) in [7, 11) is 1.64. The standard InChI is InChI=1S/C32H30F3N7O3/c1-21-11-12-25(37-29(43)22-7-6-8-24(17-22)32(33,34)35)18-27(21)41-20-23-19-36-30(38-28(23)39(2)31(41)44)42(26-9-4-3-5-10-26)40-13-15-45-16-14-40/h3-12,17-19H,13-16,20H2,1-2H3,(H,37,43). The maximum Gasteiger partial charge on any atom is 0.416 e. The Morgan fingerprint density at radius 1 is 1.00 bits per heavy atom. The Morgan fingerprint density at radius 3 is 2.49 bits per heavy atom. The van der Waals surface area contributed by atoms with Crippen LogP contribution in [0.2, 0.25) is 0 Å². The Bertz CT molecular complexity index is 1730. The van der Waals surface area contributed by atoms with Crippen LogP contribution in [0.5, 0.6) is 0 Å². The quantitative estimate of drug-likeness (QED) is 0.283. The summed E-state index contributed by atoms with van der Waals surface area (Å²) in [5.74, 6) is 0.194. The lowest BCUT2D eigenvalue weighted by molar-refractivity contribution is -0.137. The van der Waals surface area contributed by atoms with Crippen LogP contribution >= 0.6 is 0 Å². The highest BCUT2D eigenvalue weighted by Gasteiger charge is 2.34. The topological polar surface area (TPSA) is 94.1 Å². The number of halogens is 3. The lowest BCUT2D eigenvalue weighted by Gasteiger charge is -2.38. The molecule has 3 amide bonds. The number of urea groups is 1. The van der Waals surface area contributed by atoms with Crippen LogP contribution in [0.25, 0.3) is 0 Å². The Morgan fingerprint density at radius 2 is 1.76 bits per heavy atom. The maximum absolute atomic E-state index is 13.7. The number of amides is 3. The summed E-state index contributed by atoms with van der Waals surface area (Å²) >= 11 is 0. The molecule has 0 bridgehead atoms. The molecule has 1 aromatic heterocycles. The molecule has 3 heterocycles. The number of ether oxygens (including phenoxy) is 1. The number of anilines is 5. The highest BCUT2D eigenvalue weighted by molar-refractivity contribution is 6.07. The van der Waals surface area contributed by atoms with Gasteiger partial charge < -0.3 is 10.1 Å². The first-order chi connectivity index (χ1) is 21.6. The zero-order valence-corrected chi connectivity index (χ0v) is 24.6. The number of nitrogens with zero attached hydrogens (tertiary/aromatic N) is 6. The van der Waals surface area contributed by atoms with Gasteiger partial charge in [-0.2, -0.15) is 18.2 Å². The fourth-order valence-corrected chi connectivity index (χ4v) is 5.34. The predicted molar refractivity (Wildman–Crippen MR) is 164 cm³/mol. The minimum atomic E-state index is -4.57. The molecule has 45 heavy (non-hydrogen) atoms. The number of para-hydroxylation sites is 1. The van der Waals surface area contributed by atoms with Crippen LogP contribution in [-0.2, 0) is 17.5 Å². The van der Waals surface area contributed by atoms with Crippen LogP contribution in [0.4, 0.5) is 46.8 Å². The van der Waals surface area contributed by atoms with Gasteiger partial charge in [-0.05, 0) is 55.0 Å². The van der Waals surface area contributed by atoms with Crippen LogP contribution < -0.4 is 20.1 Å². The fourth-order valence-electron chi connectivity index (χ4n) is 5.34. The van der Waals surface area contributed by atoms with Gasteiger partial charge in [0, 0.05) is 43.1 Å². The van der Waals surface area contributed by atoms with Crippen molar-refractivity contribution in [3.8, 4) is 0 Å². The molecular formula is C32H30F3N7O3. The summed E-state index contributed by atoms with van der Waals surface area (Å²) in [6.45, 7) is 4.44. The van der Waals surface area contributed by atoms with Gasteiger partial charge in [0.05, 0.1) is 36.7 Å². The van der Waals surface area contributed by atoms with Crippen LogP contribution in [0, 0.1) is 6.92 Å². The number of hydrazine groups is 1. The molecule has 13 heteroatoms. The number of aryl methyl sites for hydroxylation is 1. The number of fused-ring (bicyclic) bond motifs is 1. The van der Waals surface area contributed by atoms with E-state index in [2.05, 4.69) is 10.3 Å². The van der Waals surface area contributed by atoms with E-state index >= 15 is 0 Å². The predicted octanol–water partition coefficient (Wildman–Crippen LogP) is 6.02. The number of carbonyl (C=O) groups is 2. The van der Waals surface area contributed by atoms with Crippen molar-refractivity contribution in [1.29, 1.82) is 0 Å². The Labute approximate surface area is 257 Å². The third-order valence-corrected chi connectivity index (χ3v) is 7.66. The Hall–Kier alpha value is -5.01. The number of hydrogen-bond donors (Lipinski definition) is 1. The van der Waals surface area contributed by atoms with Crippen molar-refractivity contribution in [1.82, 2.24) is 15.0 Å². The molecule has 1 N–H and O–H groups in total. The van der Waals surface area contributed by atoms with E-state index in [1.54, 1.807) is 36.3 Å². The summed E-state index contributed by atoms with van der Waals surface area (Å²) in [5, 5.41) is 6.70. The molecule has 232 valence electrons. The largest absolute Gasteiger partial charge is 0.416 e. The van der Waals surface area contributed by atoms with Crippen LogP contribution in [0.3, 0.4) is 0 Å². The van der Waals surface area contributed by atoms with Crippen molar-refractivity contribution in [2.24, 2.45) is 0 Å². The Balaban J connectivity index is 1.27. The van der Waals surface area contributed by atoms with Crippen molar-refractivity contribution in [3.63, 3.8) is 0 Å². The summed E-state index contributed by atoms with van der Waals surface area (Å²) in [6.07, 6.45) is -2.87. The molecule has 0 aliphatic carbocycles. The number of aromatic nitrogens is 2. The molecule has 3 aromatic carbocycles. The van der Waals surface area contributed by atoms with Gasteiger partial charge in [-0.25, -0.2) is 19.8 Å². The van der Waals surface area contributed by atoms with Gasteiger partial charge in [-0.3, -0.25) is 14.6 Å². The summed E-state index contributed by atoms with van der Waals surface area (Å²) in [6, 6.07) is 18.6. The van der Waals surface area contributed by atoms with Crippen molar-refractivity contribution in [2.45, 2.75) is 19.6 Å². The van der Waals surface area contributed by atoms with Crippen LogP contribution in [0.1, 0.15) is 27.0 Å². The third-order valence-electron chi connectivity index (χ3n) is 7.66. The molecule has 0 spiro atoms. The lowest BCUT2D eigenvalue weighted by Crippen LogP contribution is -2.48. The van der Waals surface area contributed by atoms with E-state index < -0.39 is 17.6 Å². The highest BCUT2D eigenvalue weighted by Crippen LogP contribution is 2.35. The molecule has 2 aliphatic rings. The molecule has 0 radical (unpaired) electrons. The second-order valence-corrected chi connectivity index (χ2v) is 10.7. The maximum atomic E-state index is 13.7. The van der Waals surface area contributed by atoms with Gasteiger partial charge in [0.2, 0.25) is 5.95 Å². The molecule has 10 nitrogen and oxygen atoms in total. The molecule has 4 aromatic rings. The molecule has 2 aliphatic heterocycles. The SMILES string of the molecule is Cc1ccc(NC(=O)c2cccc(C(F)(F)F)c2)cc1N1Cc2cnc(N(c3ccccc3)N3CCOCC3)nc2N(C)C1=O. The van der Waals surface area contributed by atoms with Gasteiger partial charge in [-0.1, -0.05) is 30.3 Å². The van der Waals surface area contributed by atoms with E-state index in [1.807, 2.05) is 42.3 Å². The molecule has 0 atom stereocenters. The average molecular weight is 618 g/mol. The van der Waals surface area contributed by atoms with Crippen molar-refractivity contribution in [2.75, 3.05) is 53.5 Å². The van der Waals surface area contributed by atoms with Gasteiger partial charge >= 0.3 is 12.2 Å². The normalized spacial score (nSPS) is 15.5. The molecular weight excluding hydrogens is 587 g/mol. The van der Waals surface area contributed by atoms with Crippen molar-refractivity contribution >= 4 is 40.8 Å². The number of alkyl halides is 3. The number of nitrogens with one attached hydrogen (secondary N) is 1. The van der Waals surface area contributed by atoms with Crippen LogP contribution in [0.15, 0.2) is 79.0 Å². The molecule has 0 unspecified atom stereocenters. The van der Waals surface area contributed by atoms with E-state index in [0.717, 1.165) is 23.4 Å². The second kappa shape index (κ2) is 12.2. The first-order valence-electron chi connectivity index (χ1n) is 14.3. The minimum Gasteiger partial charge on any atom is -0.379 e. The van der Waals surface area contributed by atoms with Crippen LogP contribution in [-0.4, -0.2) is 60.3 Å². The van der Waals surface area contributed by atoms with Crippen molar-refractivity contribution < 1.29 is 27.5 Å². The van der Waals surface area contributed by atoms with Gasteiger partial charge in [0.1, 0.15) is 5.82 Å². The molecule has 0 saturated carbocycles. The number of hydrogen-bond acceptors (Lipinski definition) is 7. The number of rotatable bonds is 6. The van der Waals surface area contributed by atoms with E-state index in [-0.39, 0.29) is 18.1 Å². The number of benzene rings is 3. The molecule has 1 fully saturated rings. The number of morpholine rings is 1. The zero-order chi connectivity index (χ0) is 31.7. The lowest BCUT2D eigenvalue weighted by atomic mass is 10.1.